The lowest BCUT2D eigenvalue weighted by Crippen LogP contribution is -1.91. The van der Waals surface area contributed by atoms with Gasteiger partial charge in [0.25, 0.3) is 0 Å². The first-order valence-corrected chi connectivity index (χ1v) is 9.98. The molecule has 0 nitrogen and oxygen atoms in total. The summed E-state index contributed by atoms with van der Waals surface area (Å²) in [4.78, 5) is 1.43. The second-order valence-corrected chi connectivity index (χ2v) is 8.84. The molecule has 0 bridgehead atoms. The van der Waals surface area contributed by atoms with Crippen molar-refractivity contribution in [2.75, 3.05) is 0 Å². The predicted octanol–water partition coefficient (Wildman–Crippen LogP) is 7.32. The van der Waals surface area contributed by atoms with Gasteiger partial charge in [-0.2, -0.15) is 0 Å². The van der Waals surface area contributed by atoms with Crippen LogP contribution in [0.25, 0.3) is 25.1 Å². The van der Waals surface area contributed by atoms with Gasteiger partial charge in [0.2, 0.25) is 0 Å². The molecule has 0 aliphatic rings. The Labute approximate surface area is 146 Å². The Balaban J connectivity index is 1.83. The van der Waals surface area contributed by atoms with Crippen LogP contribution in [0.3, 0.4) is 0 Å². The maximum absolute atomic E-state index is 2.34. The van der Waals surface area contributed by atoms with Gasteiger partial charge in [-0.1, -0.05) is 50.2 Å². The zero-order chi connectivity index (χ0) is 16.5. The fourth-order valence-electron chi connectivity index (χ4n) is 3.35. The van der Waals surface area contributed by atoms with Gasteiger partial charge < -0.3 is 0 Å². The Hall–Kier alpha value is -2.12. The molecular formula is C23H23S+. The van der Waals surface area contributed by atoms with Crippen LogP contribution >= 0.6 is 10.5 Å². The molecule has 24 heavy (non-hydrogen) atoms. The summed E-state index contributed by atoms with van der Waals surface area (Å²) < 4.78 is 2.93. The van der Waals surface area contributed by atoms with E-state index in [1.807, 2.05) is 0 Å². The van der Waals surface area contributed by atoms with Crippen molar-refractivity contribution in [3.8, 4) is 4.90 Å². The molecule has 1 heterocycles. The molecule has 0 aliphatic carbocycles. The number of thiophene rings is 1. The van der Waals surface area contributed by atoms with Gasteiger partial charge in [-0.15, -0.1) is 0 Å². The molecule has 0 unspecified atom stereocenters. The third-order valence-corrected chi connectivity index (χ3v) is 7.01. The average Bonchev–Trinajstić information content (AvgIpc) is 2.95. The maximum Gasteiger partial charge on any atom is 0.187 e. The first-order chi connectivity index (χ1) is 11.7. The Morgan fingerprint density at radius 1 is 0.708 bits per heavy atom. The van der Waals surface area contributed by atoms with Gasteiger partial charge in [-0.25, -0.2) is 0 Å². The Bertz CT molecular complexity index is 921. The number of aryl methyl sites for hydroxylation is 1. The molecule has 0 N–H and O–H groups in total. The van der Waals surface area contributed by atoms with Crippen LogP contribution in [0.4, 0.5) is 0 Å². The maximum atomic E-state index is 2.34. The molecule has 4 aromatic rings. The molecule has 0 spiro atoms. The van der Waals surface area contributed by atoms with Crippen LogP contribution in [0.5, 0.6) is 0 Å². The standard InChI is InChI=1S/C23H23S/c1-17(2)11-12-18-13-15-19(16-14-18)24-22-9-5-3-7-20(22)21-8-4-6-10-23(21)24/h3-10,13-17H,11-12H2,1-2H3/q+1. The summed E-state index contributed by atoms with van der Waals surface area (Å²) in [6, 6.07) is 27.1. The average molecular weight is 332 g/mol. The molecule has 0 atom stereocenters. The highest BCUT2D eigenvalue weighted by Crippen LogP contribution is 2.48. The van der Waals surface area contributed by atoms with Crippen molar-refractivity contribution in [2.24, 2.45) is 5.92 Å². The van der Waals surface area contributed by atoms with Gasteiger partial charge in [0.05, 0.1) is 0 Å². The van der Waals surface area contributed by atoms with E-state index in [0.29, 0.717) is 0 Å². The fourth-order valence-corrected chi connectivity index (χ4v) is 5.73. The lowest BCUT2D eigenvalue weighted by atomic mass is 10.0. The van der Waals surface area contributed by atoms with E-state index in [1.54, 1.807) is 0 Å². The highest BCUT2D eigenvalue weighted by molar-refractivity contribution is 7.50. The Kier molecular flexibility index (Phi) is 4.12. The molecule has 0 radical (unpaired) electrons. The molecule has 0 amide bonds. The van der Waals surface area contributed by atoms with Crippen LogP contribution in [0, 0.1) is 5.92 Å². The minimum absolute atomic E-state index is 0.0385. The van der Waals surface area contributed by atoms with Gasteiger partial charge in [-0.05, 0) is 60.7 Å². The largest absolute Gasteiger partial charge is 0.187 e. The van der Waals surface area contributed by atoms with Crippen molar-refractivity contribution in [1.29, 1.82) is 0 Å². The number of benzene rings is 3. The van der Waals surface area contributed by atoms with Crippen LogP contribution < -0.4 is 0 Å². The summed E-state index contributed by atoms with van der Waals surface area (Å²) in [5.74, 6) is 0.764. The van der Waals surface area contributed by atoms with Crippen molar-refractivity contribution in [3.05, 3.63) is 78.4 Å². The molecule has 3 aromatic carbocycles. The zero-order valence-corrected chi connectivity index (χ0v) is 15.1. The number of fused-ring (bicyclic) bond motifs is 3. The summed E-state index contributed by atoms with van der Waals surface area (Å²) in [6.07, 6.45) is 2.44. The van der Waals surface area contributed by atoms with Gasteiger partial charge in [0, 0.05) is 21.2 Å². The lowest BCUT2D eigenvalue weighted by molar-refractivity contribution is 0.587. The summed E-state index contributed by atoms with van der Waals surface area (Å²) >= 11 is 0. The monoisotopic (exact) mass is 331 g/mol. The highest BCUT2D eigenvalue weighted by atomic mass is 32.2. The first-order valence-electron chi connectivity index (χ1n) is 8.75. The SMILES string of the molecule is CC(C)CCc1ccc(-[s+]2c3ccccc3c3ccccc32)cc1. The third-order valence-electron chi connectivity index (χ3n) is 4.67. The van der Waals surface area contributed by atoms with Crippen LogP contribution in [0.2, 0.25) is 0 Å². The minimum Gasteiger partial charge on any atom is -0.0628 e. The van der Waals surface area contributed by atoms with E-state index in [4.69, 9.17) is 0 Å². The van der Waals surface area contributed by atoms with Gasteiger partial charge in [-0.3, -0.25) is 0 Å². The van der Waals surface area contributed by atoms with Crippen molar-refractivity contribution in [2.45, 2.75) is 26.7 Å². The van der Waals surface area contributed by atoms with Crippen molar-refractivity contribution in [3.63, 3.8) is 0 Å². The second kappa shape index (κ2) is 6.41. The molecule has 0 aliphatic heterocycles. The van der Waals surface area contributed by atoms with Gasteiger partial charge >= 0.3 is 0 Å². The second-order valence-electron chi connectivity index (χ2n) is 6.87. The van der Waals surface area contributed by atoms with Crippen molar-refractivity contribution >= 4 is 30.6 Å². The van der Waals surface area contributed by atoms with E-state index in [9.17, 15) is 0 Å². The van der Waals surface area contributed by atoms with Crippen LogP contribution in [-0.2, 0) is 6.42 Å². The summed E-state index contributed by atoms with van der Waals surface area (Å²) in [5.41, 5.74) is 1.46. The topological polar surface area (TPSA) is 0 Å². The normalized spacial score (nSPS) is 11.6. The summed E-state index contributed by atoms with van der Waals surface area (Å²) in [7, 11) is 0.0385. The summed E-state index contributed by atoms with van der Waals surface area (Å²) in [5, 5.41) is 2.81. The van der Waals surface area contributed by atoms with E-state index < -0.39 is 0 Å². The first kappa shape index (κ1) is 15.4. The van der Waals surface area contributed by atoms with E-state index in [1.165, 1.54) is 43.5 Å². The van der Waals surface area contributed by atoms with E-state index in [2.05, 4.69) is 86.6 Å². The molecule has 0 saturated carbocycles. The summed E-state index contributed by atoms with van der Waals surface area (Å²) in [6.45, 7) is 4.59. The van der Waals surface area contributed by atoms with E-state index in [0.717, 1.165) is 5.92 Å². The highest BCUT2D eigenvalue weighted by Gasteiger charge is 2.22. The lowest BCUT2D eigenvalue weighted by Gasteiger charge is -2.04. The molecular weight excluding hydrogens is 308 g/mol. The molecule has 4 rings (SSSR count). The van der Waals surface area contributed by atoms with Crippen LogP contribution in [-0.4, -0.2) is 0 Å². The Morgan fingerprint density at radius 3 is 1.79 bits per heavy atom. The van der Waals surface area contributed by atoms with E-state index in [-0.39, 0.29) is 10.5 Å². The molecule has 0 saturated heterocycles. The smallest absolute Gasteiger partial charge is 0.0628 e. The number of hydrogen-bond donors (Lipinski definition) is 0. The quantitative estimate of drug-likeness (QED) is 0.344. The van der Waals surface area contributed by atoms with Crippen LogP contribution in [0.1, 0.15) is 25.8 Å². The van der Waals surface area contributed by atoms with Gasteiger partial charge in [0.1, 0.15) is 0 Å². The third kappa shape index (κ3) is 2.74. The van der Waals surface area contributed by atoms with E-state index >= 15 is 0 Å². The number of hydrogen-bond acceptors (Lipinski definition) is 0. The molecule has 1 aromatic heterocycles. The fraction of sp³-hybridized carbons (Fsp3) is 0.217. The number of rotatable bonds is 4. The zero-order valence-electron chi connectivity index (χ0n) is 14.3. The Morgan fingerprint density at radius 2 is 1.25 bits per heavy atom. The van der Waals surface area contributed by atoms with Crippen LogP contribution in [0.15, 0.2) is 72.8 Å². The molecule has 0 fully saturated rings. The van der Waals surface area contributed by atoms with Crippen molar-refractivity contribution < 1.29 is 0 Å². The minimum atomic E-state index is 0.0385. The van der Waals surface area contributed by atoms with Gasteiger partial charge in [0.15, 0.2) is 14.3 Å². The molecule has 120 valence electrons. The predicted molar refractivity (Wildman–Crippen MR) is 108 cm³/mol. The molecule has 1 heteroatoms. The van der Waals surface area contributed by atoms with Crippen molar-refractivity contribution in [1.82, 2.24) is 0 Å².